The minimum atomic E-state index is -4.79. The number of alkyl halides is 2. The zero-order valence-corrected chi connectivity index (χ0v) is 15.1. The van der Waals surface area contributed by atoms with Gasteiger partial charge in [-0.3, -0.25) is 4.79 Å². The van der Waals surface area contributed by atoms with E-state index in [1.165, 1.54) is 29.5 Å². The zero-order chi connectivity index (χ0) is 18.2. The molecule has 1 aromatic carbocycles. The number of benzene rings is 1. The lowest BCUT2D eigenvalue weighted by Crippen LogP contribution is -2.17. The number of nitrogens with one attached hydrogen (secondary N) is 1. The number of carbonyl (C=O) groups is 1. The third-order valence-corrected chi connectivity index (χ3v) is 6.90. The van der Waals surface area contributed by atoms with Crippen LogP contribution in [0.4, 0.5) is 14.5 Å². The van der Waals surface area contributed by atoms with Gasteiger partial charge in [-0.05, 0) is 48.9 Å². The molecule has 1 aliphatic carbocycles. The molecule has 0 fully saturated rings. The van der Waals surface area contributed by atoms with Gasteiger partial charge in [-0.2, -0.15) is 8.78 Å². The second kappa shape index (κ2) is 6.84. The Morgan fingerprint density at radius 1 is 1.32 bits per heavy atom. The Balaban J connectivity index is 1.88. The molecule has 1 aliphatic rings. The number of halogens is 2. The van der Waals surface area contributed by atoms with Gasteiger partial charge in [-0.1, -0.05) is 19.1 Å². The Kier molecular flexibility index (Phi) is 4.92. The lowest BCUT2D eigenvalue weighted by molar-refractivity contribution is 0.103. The van der Waals surface area contributed by atoms with E-state index in [9.17, 15) is 22.0 Å². The lowest BCUT2D eigenvalue weighted by atomic mass is 9.90. The van der Waals surface area contributed by atoms with E-state index in [0.29, 0.717) is 10.8 Å². The maximum atomic E-state index is 12.8. The molecular formula is C17H17F2NO3S2. The summed E-state index contributed by atoms with van der Waals surface area (Å²) >= 11 is 1.37. The highest BCUT2D eigenvalue weighted by molar-refractivity contribution is 7.91. The molecule has 1 unspecified atom stereocenters. The predicted molar refractivity (Wildman–Crippen MR) is 93.1 cm³/mol. The number of thiophene rings is 1. The van der Waals surface area contributed by atoms with E-state index >= 15 is 0 Å². The first kappa shape index (κ1) is 18.0. The average molecular weight is 385 g/mol. The SMILES string of the molecule is CC1CCc2sc(C(=O)Nc3ccccc3S(=O)(=O)C(F)F)cc2C1. The number of aryl methyl sites for hydroxylation is 1. The van der Waals surface area contributed by atoms with Crippen molar-refractivity contribution in [2.24, 2.45) is 5.92 Å². The summed E-state index contributed by atoms with van der Waals surface area (Å²) in [6.07, 6.45) is 2.91. The standard InChI is InChI=1S/C17H17F2NO3S2/c1-10-6-7-13-11(8-10)9-14(24-13)16(21)20-12-4-2-3-5-15(12)25(22,23)17(18)19/h2-5,9-10,17H,6-8H2,1H3,(H,20,21). The molecule has 1 heterocycles. The lowest BCUT2D eigenvalue weighted by Gasteiger charge is -2.16. The first-order valence-corrected chi connectivity index (χ1v) is 10.2. The molecule has 2 aromatic rings. The topological polar surface area (TPSA) is 63.2 Å². The van der Waals surface area contributed by atoms with Crippen LogP contribution in [0.15, 0.2) is 35.2 Å². The molecule has 0 radical (unpaired) electrons. The highest BCUT2D eigenvalue weighted by Gasteiger charge is 2.30. The van der Waals surface area contributed by atoms with Crippen molar-refractivity contribution in [3.8, 4) is 0 Å². The second-order valence-corrected chi connectivity index (χ2v) is 9.19. The van der Waals surface area contributed by atoms with Crippen molar-refractivity contribution >= 4 is 32.8 Å². The van der Waals surface area contributed by atoms with Crippen LogP contribution in [-0.2, 0) is 22.7 Å². The summed E-state index contributed by atoms with van der Waals surface area (Å²) in [5.41, 5.74) is 1.01. The number of carbonyl (C=O) groups excluding carboxylic acids is 1. The molecule has 1 amide bonds. The van der Waals surface area contributed by atoms with Gasteiger partial charge < -0.3 is 5.32 Å². The maximum absolute atomic E-state index is 12.8. The molecule has 4 nitrogen and oxygen atoms in total. The second-order valence-electron chi connectivity index (χ2n) is 6.16. The highest BCUT2D eigenvalue weighted by atomic mass is 32.2. The Morgan fingerprint density at radius 3 is 2.76 bits per heavy atom. The van der Waals surface area contributed by atoms with Gasteiger partial charge in [-0.15, -0.1) is 11.3 Å². The average Bonchev–Trinajstić information content (AvgIpc) is 2.98. The van der Waals surface area contributed by atoms with Crippen molar-refractivity contribution in [2.75, 3.05) is 5.32 Å². The van der Waals surface area contributed by atoms with Crippen molar-refractivity contribution in [2.45, 2.75) is 36.8 Å². The van der Waals surface area contributed by atoms with Crippen LogP contribution in [0.25, 0.3) is 0 Å². The summed E-state index contributed by atoms with van der Waals surface area (Å²) < 4.78 is 49.2. The molecule has 0 saturated carbocycles. The molecule has 8 heteroatoms. The number of sulfone groups is 1. The molecule has 0 aliphatic heterocycles. The van der Waals surface area contributed by atoms with E-state index in [1.807, 2.05) is 6.07 Å². The summed E-state index contributed by atoms with van der Waals surface area (Å²) in [7, 11) is -4.79. The summed E-state index contributed by atoms with van der Waals surface area (Å²) in [5.74, 6) is -3.46. The molecule has 0 bridgehead atoms. The van der Waals surface area contributed by atoms with Gasteiger partial charge in [0.2, 0.25) is 9.84 Å². The van der Waals surface area contributed by atoms with Crippen LogP contribution < -0.4 is 5.32 Å². The number of amides is 1. The van der Waals surface area contributed by atoms with E-state index < -0.39 is 26.4 Å². The van der Waals surface area contributed by atoms with Crippen LogP contribution >= 0.6 is 11.3 Å². The van der Waals surface area contributed by atoms with E-state index in [1.54, 1.807) is 0 Å². The highest BCUT2D eigenvalue weighted by Crippen LogP contribution is 2.33. The van der Waals surface area contributed by atoms with Crippen molar-refractivity contribution in [1.82, 2.24) is 0 Å². The van der Waals surface area contributed by atoms with Gasteiger partial charge in [0.1, 0.15) is 0 Å². The minimum absolute atomic E-state index is 0.132. The molecule has 1 atom stereocenters. The van der Waals surface area contributed by atoms with Gasteiger partial charge in [-0.25, -0.2) is 8.42 Å². The van der Waals surface area contributed by atoms with Crippen LogP contribution in [0.2, 0.25) is 0 Å². The first-order valence-electron chi connectivity index (χ1n) is 7.83. The molecule has 0 spiro atoms. The smallest absolute Gasteiger partial charge is 0.320 e. The van der Waals surface area contributed by atoms with E-state index in [-0.39, 0.29) is 5.69 Å². The van der Waals surface area contributed by atoms with Gasteiger partial charge in [0, 0.05) is 4.88 Å². The molecule has 1 aromatic heterocycles. The Labute approximate surface area is 148 Å². The quantitative estimate of drug-likeness (QED) is 0.861. The van der Waals surface area contributed by atoms with Crippen LogP contribution in [0.5, 0.6) is 0 Å². The van der Waals surface area contributed by atoms with Crippen molar-refractivity contribution in [1.29, 1.82) is 0 Å². The number of rotatable bonds is 4. The number of para-hydroxylation sites is 1. The molecular weight excluding hydrogens is 368 g/mol. The van der Waals surface area contributed by atoms with Crippen molar-refractivity contribution in [3.05, 3.63) is 45.6 Å². The third-order valence-electron chi connectivity index (χ3n) is 4.23. The van der Waals surface area contributed by atoms with Crippen LogP contribution in [0.1, 0.15) is 33.5 Å². The largest absolute Gasteiger partial charge is 0.341 e. The normalized spacial score (nSPS) is 17.4. The minimum Gasteiger partial charge on any atom is -0.320 e. The Bertz CT molecular complexity index is 906. The molecule has 0 saturated heterocycles. The molecule has 3 rings (SSSR count). The van der Waals surface area contributed by atoms with E-state index in [2.05, 4.69) is 12.2 Å². The summed E-state index contributed by atoms with van der Waals surface area (Å²) in [6.45, 7) is 2.16. The van der Waals surface area contributed by atoms with Crippen molar-refractivity contribution in [3.63, 3.8) is 0 Å². The van der Waals surface area contributed by atoms with Crippen LogP contribution in [0.3, 0.4) is 0 Å². The number of hydrogen-bond acceptors (Lipinski definition) is 4. The monoisotopic (exact) mass is 385 g/mol. The van der Waals surface area contributed by atoms with Crippen LogP contribution in [0, 0.1) is 5.92 Å². The number of fused-ring (bicyclic) bond motifs is 1. The summed E-state index contributed by atoms with van der Waals surface area (Å²) in [4.78, 5) is 13.5. The zero-order valence-electron chi connectivity index (χ0n) is 13.5. The fourth-order valence-corrected chi connectivity index (χ4v) is 4.91. The van der Waals surface area contributed by atoms with Gasteiger partial charge in [0.05, 0.1) is 15.5 Å². The summed E-state index contributed by atoms with van der Waals surface area (Å²) in [6, 6.07) is 7.02. The Morgan fingerprint density at radius 2 is 2.04 bits per heavy atom. The molecule has 25 heavy (non-hydrogen) atoms. The van der Waals surface area contributed by atoms with Gasteiger partial charge in [0.25, 0.3) is 5.91 Å². The summed E-state index contributed by atoms with van der Waals surface area (Å²) in [5, 5.41) is 2.47. The molecule has 1 N–H and O–H groups in total. The molecule has 134 valence electrons. The van der Waals surface area contributed by atoms with E-state index in [4.69, 9.17) is 0 Å². The first-order chi connectivity index (χ1) is 11.8. The number of hydrogen-bond donors (Lipinski definition) is 1. The fraction of sp³-hybridized carbons (Fsp3) is 0.353. The van der Waals surface area contributed by atoms with Gasteiger partial charge >= 0.3 is 5.76 Å². The van der Waals surface area contributed by atoms with Crippen molar-refractivity contribution < 1.29 is 22.0 Å². The third kappa shape index (κ3) is 3.59. The van der Waals surface area contributed by atoms with E-state index in [0.717, 1.165) is 35.8 Å². The number of anilines is 1. The van der Waals surface area contributed by atoms with Gasteiger partial charge in [0.15, 0.2) is 0 Å². The maximum Gasteiger partial charge on any atom is 0.341 e. The Hall–Kier alpha value is -1.80. The van der Waals surface area contributed by atoms with Crippen LogP contribution in [-0.4, -0.2) is 20.1 Å². The fourth-order valence-electron chi connectivity index (χ4n) is 2.92. The predicted octanol–water partition coefficient (Wildman–Crippen LogP) is 4.12.